The number of aromatic nitrogens is 3. The van der Waals surface area contributed by atoms with Crippen LogP contribution in [0.15, 0.2) is 67.3 Å². The van der Waals surface area contributed by atoms with Gasteiger partial charge in [0.05, 0.1) is 25.4 Å². The third-order valence-electron chi connectivity index (χ3n) is 5.84. The predicted molar refractivity (Wildman–Crippen MR) is 111 cm³/mol. The van der Waals surface area contributed by atoms with Gasteiger partial charge in [-0.05, 0) is 54.8 Å². The molecule has 2 aliphatic rings. The van der Waals surface area contributed by atoms with Crippen molar-refractivity contribution in [1.82, 2.24) is 20.1 Å². The molecule has 6 nitrogen and oxygen atoms in total. The number of rotatable bonds is 4. The Hall–Kier alpha value is -2.96. The van der Waals surface area contributed by atoms with Gasteiger partial charge in [-0.25, -0.2) is 9.67 Å². The molecule has 0 unspecified atom stereocenters. The molecule has 6 heteroatoms. The minimum absolute atomic E-state index is 0.138. The Bertz CT molecular complexity index is 1020. The average Bonchev–Trinajstić information content (AvgIpc) is 3.45. The molecule has 1 spiro atoms. The zero-order valence-corrected chi connectivity index (χ0v) is 16.4. The highest BCUT2D eigenvalue weighted by molar-refractivity contribution is 5.75. The molecule has 0 radical (unpaired) electrons. The molecule has 29 heavy (non-hydrogen) atoms. The molecule has 3 heterocycles. The number of piperidine rings is 1. The summed E-state index contributed by atoms with van der Waals surface area (Å²) in [4.78, 5) is 4.05. The summed E-state index contributed by atoms with van der Waals surface area (Å²) in [6, 6.07) is 16.8. The van der Waals surface area contributed by atoms with Crippen LogP contribution in [0.4, 0.5) is 0 Å². The molecule has 1 aromatic heterocycles. The third kappa shape index (κ3) is 3.24. The third-order valence-corrected chi connectivity index (χ3v) is 5.84. The summed E-state index contributed by atoms with van der Waals surface area (Å²) in [6.07, 6.45) is 7.62. The molecule has 5 rings (SSSR count). The van der Waals surface area contributed by atoms with Crippen LogP contribution in [0.25, 0.3) is 11.3 Å². The van der Waals surface area contributed by atoms with E-state index in [0.29, 0.717) is 6.61 Å². The smallest absolute Gasteiger partial charge is 0.138 e. The molecular weight excluding hydrogens is 364 g/mol. The number of ether oxygens (including phenoxy) is 2. The normalized spacial score (nSPS) is 23.9. The van der Waals surface area contributed by atoms with Gasteiger partial charge in [0.15, 0.2) is 0 Å². The monoisotopic (exact) mass is 388 g/mol. The number of nitrogens with one attached hydrogen (secondary N) is 1. The summed E-state index contributed by atoms with van der Waals surface area (Å²) in [6.45, 7) is 1.56. The molecule has 1 N–H and O–H groups in total. The number of methoxy groups -OCH3 is 1. The first-order valence-electron chi connectivity index (χ1n) is 9.96. The first-order chi connectivity index (χ1) is 14.3. The first kappa shape index (κ1) is 18.1. The maximum absolute atomic E-state index is 6.50. The Labute approximate surface area is 170 Å². The van der Waals surface area contributed by atoms with E-state index in [0.717, 1.165) is 42.0 Å². The Morgan fingerprint density at radius 1 is 1.21 bits per heavy atom. The molecule has 1 fully saturated rings. The second-order valence-corrected chi connectivity index (χ2v) is 7.54. The Balaban J connectivity index is 1.55. The van der Waals surface area contributed by atoms with Gasteiger partial charge in [-0.3, -0.25) is 0 Å². The lowest BCUT2D eigenvalue weighted by Crippen LogP contribution is -2.47. The average molecular weight is 388 g/mol. The maximum Gasteiger partial charge on any atom is 0.138 e. The van der Waals surface area contributed by atoms with Crippen LogP contribution in [0, 0.1) is 0 Å². The molecule has 3 aromatic rings. The fourth-order valence-electron chi connectivity index (χ4n) is 4.46. The molecule has 148 valence electrons. The standard InChI is InChI=1S/C23H24N4O2/c1-28-21-9-8-19(27-16-24-15-26-27)12-20(21)18-13-23(29-14-18)10-5-11-25-22(23)17-6-3-2-4-7-17/h2-4,6-9,12-13,15-16,22,25H,5,10-11,14H2,1H3/t22-,23+/m0/s1. The Kier molecular flexibility index (Phi) is 4.66. The zero-order valence-electron chi connectivity index (χ0n) is 16.4. The van der Waals surface area contributed by atoms with Crippen LogP contribution in [0.1, 0.15) is 30.0 Å². The highest BCUT2D eigenvalue weighted by Gasteiger charge is 2.44. The minimum Gasteiger partial charge on any atom is -0.496 e. The van der Waals surface area contributed by atoms with Gasteiger partial charge in [0.2, 0.25) is 0 Å². The lowest BCUT2D eigenvalue weighted by atomic mass is 9.81. The van der Waals surface area contributed by atoms with E-state index < -0.39 is 0 Å². The second kappa shape index (κ2) is 7.46. The van der Waals surface area contributed by atoms with Gasteiger partial charge >= 0.3 is 0 Å². The lowest BCUT2D eigenvalue weighted by Gasteiger charge is -2.40. The molecule has 0 saturated carbocycles. The molecule has 1 saturated heterocycles. The van der Waals surface area contributed by atoms with Crippen molar-refractivity contribution in [2.75, 3.05) is 20.3 Å². The van der Waals surface area contributed by atoms with Gasteiger partial charge in [0, 0.05) is 5.56 Å². The van der Waals surface area contributed by atoms with E-state index in [2.05, 4.69) is 57.9 Å². The fraction of sp³-hybridized carbons (Fsp3) is 0.304. The van der Waals surface area contributed by atoms with Crippen molar-refractivity contribution >= 4 is 5.57 Å². The van der Waals surface area contributed by atoms with Crippen LogP contribution in [-0.4, -0.2) is 40.6 Å². The number of benzene rings is 2. The van der Waals surface area contributed by atoms with Crippen molar-refractivity contribution in [3.8, 4) is 11.4 Å². The molecule has 0 aliphatic carbocycles. The van der Waals surface area contributed by atoms with Crippen LogP contribution in [-0.2, 0) is 4.74 Å². The van der Waals surface area contributed by atoms with Crippen molar-refractivity contribution in [3.05, 3.63) is 78.4 Å². The highest BCUT2D eigenvalue weighted by Crippen LogP contribution is 2.45. The van der Waals surface area contributed by atoms with Gasteiger partial charge in [0.25, 0.3) is 0 Å². The van der Waals surface area contributed by atoms with E-state index in [9.17, 15) is 0 Å². The van der Waals surface area contributed by atoms with Crippen LogP contribution < -0.4 is 10.1 Å². The molecule has 2 aliphatic heterocycles. The van der Waals surface area contributed by atoms with Crippen LogP contribution in [0.2, 0.25) is 0 Å². The zero-order chi connectivity index (χ0) is 19.7. The van der Waals surface area contributed by atoms with Crippen molar-refractivity contribution < 1.29 is 9.47 Å². The number of hydrogen-bond donors (Lipinski definition) is 1. The molecule has 0 amide bonds. The Morgan fingerprint density at radius 2 is 2.10 bits per heavy atom. The van der Waals surface area contributed by atoms with Crippen LogP contribution in [0.3, 0.4) is 0 Å². The van der Waals surface area contributed by atoms with Crippen molar-refractivity contribution in [3.63, 3.8) is 0 Å². The summed E-state index contributed by atoms with van der Waals surface area (Å²) >= 11 is 0. The van der Waals surface area contributed by atoms with Crippen molar-refractivity contribution in [2.24, 2.45) is 0 Å². The molecule has 0 bridgehead atoms. The summed E-state index contributed by atoms with van der Waals surface area (Å²) in [5.74, 6) is 0.834. The van der Waals surface area contributed by atoms with Gasteiger partial charge in [0.1, 0.15) is 24.0 Å². The maximum atomic E-state index is 6.50. The number of hydrogen-bond acceptors (Lipinski definition) is 5. The van der Waals surface area contributed by atoms with Gasteiger partial charge in [-0.15, -0.1) is 0 Å². The number of nitrogens with zero attached hydrogens (tertiary/aromatic N) is 3. The van der Waals surface area contributed by atoms with E-state index in [1.807, 2.05) is 12.1 Å². The van der Waals surface area contributed by atoms with Crippen LogP contribution >= 0.6 is 0 Å². The second-order valence-electron chi connectivity index (χ2n) is 7.54. The van der Waals surface area contributed by atoms with Crippen LogP contribution in [0.5, 0.6) is 5.75 Å². The first-order valence-corrected chi connectivity index (χ1v) is 9.96. The molecule has 2 aromatic carbocycles. The summed E-state index contributed by atoms with van der Waals surface area (Å²) in [5, 5.41) is 7.93. The predicted octanol–water partition coefficient (Wildman–Crippen LogP) is 3.55. The molecular formula is C23H24N4O2. The lowest BCUT2D eigenvalue weighted by molar-refractivity contribution is -0.0255. The quantitative estimate of drug-likeness (QED) is 0.741. The van der Waals surface area contributed by atoms with Gasteiger partial charge in [-0.2, -0.15) is 5.10 Å². The molecule has 2 atom stereocenters. The van der Waals surface area contributed by atoms with Crippen molar-refractivity contribution in [1.29, 1.82) is 0 Å². The van der Waals surface area contributed by atoms with E-state index in [1.165, 1.54) is 11.9 Å². The highest BCUT2D eigenvalue weighted by atomic mass is 16.5. The van der Waals surface area contributed by atoms with Crippen molar-refractivity contribution in [2.45, 2.75) is 24.5 Å². The Morgan fingerprint density at radius 3 is 2.90 bits per heavy atom. The van der Waals surface area contributed by atoms with E-state index in [4.69, 9.17) is 9.47 Å². The summed E-state index contributed by atoms with van der Waals surface area (Å²) in [7, 11) is 1.70. The van der Waals surface area contributed by atoms with E-state index in [1.54, 1.807) is 18.1 Å². The van der Waals surface area contributed by atoms with Gasteiger partial charge in [-0.1, -0.05) is 30.3 Å². The topological polar surface area (TPSA) is 61.2 Å². The minimum atomic E-state index is -0.344. The largest absolute Gasteiger partial charge is 0.496 e. The van der Waals surface area contributed by atoms with E-state index >= 15 is 0 Å². The summed E-state index contributed by atoms with van der Waals surface area (Å²) < 4.78 is 13.9. The fourth-order valence-corrected chi connectivity index (χ4v) is 4.46. The van der Waals surface area contributed by atoms with Gasteiger partial charge < -0.3 is 14.8 Å². The summed E-state index contributed by atoms with van der Waals surface area (Å²) in [5.41, 5.74) is 4.04. The van der Waals surface area contributed by atoms with E-state index in [-0.39, 0.29) is 11.6 Å². The SMILES string of the molecule is COc1ccc(-n2cncn2)cc1C1=C[C@@]2(CCCN[C@H]2c2ccccc2)OC1.